The lowest BCUT2D eigenvalue weighted by Gasteiger charge is -2.29. The molecule has 2 fully saturated rings. The van der Waals surface area contributed by atoms with Gasteiger partial charge in [-0.3, -0.25) is 4.90 Å². The molecule has 1 aromatic heterocycles. The highest BCUT2D eigenvalue weighted by Gasteiger charge is 2.56. The van der Waals surface area contributed by atoms with Crippen molar-refractivity contribution in [2.45, 2.75) is 70.9 Å². The Bertz CT molecular complexity index is 702. The Morgan fingerprint density at radius 3 is 2.71 bits per heavy atom. The Morgan fingerprint density at radius 2 is 2.08 bits per heavy atom. The molecule has 1 saturated heterocycles. The first-order valence-corrected chi connectivity index (χ1v) is 12.1. The van der Waals surface area contributed by atoms with Crippen LogP contribution in [0.4, 0.5) is 4.79 Å². The number of nitrogens with zero attached hydrogens (tertiary/aromatic N) is 2. The van der Waals surface area contributed by atoms with Crippen LogP contribution in [0.3, 0.4) is 0 Å². The standard InChI is InChI=1S/C18H27N3O2Si/c1-18(2,3)23-17(22)21-14-9-12(14)10-15(21)16-19-11-13(20-16)7-8-24(4,5)6/h11-12,14-15H,9-10H2,1-6H3,(H,19,20). The second-order valence-corrected chi connectivity index (χ2v) is 13.6. The van der Waals surface area contributed by atoms with Crippen LogP contribution in [-0.4, -0.2) is 40.7 Å². The van der Waals surface area contributed by atoms with Gasteiger partial charge in [0, 0.05) is 6.04 Å². The van der Waals surface area contributed by atoms with Crippen molar-refractivity contribution in [1.29, 1.82) is 0 Å². The van der Waals surface area contributed by atoms with E-state index in [1.807, 2.05) is 25.7 Å². The van der Waals surface area contributed by atoms with Gasteiger partial charge in [-0.05, 0) is 39.5 Å². The van der Waals surface area contributed by atoms with Crippen LogP contribution in [0.5, 0.6) is 0 Å². The number of amides is 1. The molecule has 1 amide bonds. The molecule has 3 rings (SSSR count). The summed E-state index contributed by atoms with van der Waals surface area (Å²) in [6.07, 6.45) is 3.58. The van der Waals surface area contributed by atoms with E-state index >= 15 is 0 Å². The minimum Gasteiger partial charge on any atom is -0.444 e. The minimum absolute atomic E-state index is 0.0222. The maximum atomic E-state index is 12.6. The maximum absolute atomic E-state index is 12.6. The molecule has 24 heavy (non-hydrogen) atoms. The second kappa shape index (κ2) is 5.66. The molecule has 1 N–H and O–H groups in total. The summed E-state index contributed by atoms with van der Waals surface area (Å²) in [4.78, 5) is 22.3. The Morgan fingerprint density at radius 1 is 1.38 bits per heavy atom. The molecule has 1 aliphatic carbocycles. The third-order valence-corrected chi connectivity index (χ3v) is 5.07. The van der Waals surface area contributed by atoms with Gasteiger partial charge in [0.05, 0.1) is 12.2 Å². The van der Waals surface area contributed by atoms with Crippen molar-refractivity contribution in [3.63, 3.8) is 0 Å². The lowest BCUT2D eigenvalue weighted by Crippen LogP contribution is -2.38. The van der Waals surface area contributed by atoms with Crippen LogP contribution in [0.2, 0.25) is 19.6 Å². The number of likely N-dealkylation sites (tertiary alicyclic amines) is 1. The number of carbonyl (C=O) groups is 1. The molecule has 0 bridgehead atoms. The van der Waals surface area contributed by atoms with E-state index in [4.69, 9.17) is 4.74 Å². The summed E-state index contributed by atoms with van der Waals surface area (Å²) in [6, 6.07) is 0.289. The minimum atomic E-state index is -1.42. The number of ether oxygens (including phenoxy) is 1. The summed E-state index contributed by atoms with van der Waals surface area (Å²) in [5.41, 5.74) is 3.69. The molecule has 3 unspecified atom stereocenters. The number of H-pyrrole nitrogens is 1. The first-order valence-electron chi connectivity index (χ1n) is 8.63. The number of aromatic amines is 1. The van der Waals surface area contributed by atoms with E-state index in [1.54, 1.807) is 6.20 Å². The van der Waals surface area contributed by atoms with Crippen LogP contribution >= 0.6 is 0 Å². The van der Waals surface area contributed by atoms with Gasteiger partial charge in [-0.1, -0.05) is 25.6 Å². The van der Waals surface area contributed by atoms with Crippen LogP contribution in [0, 0.1) is 17.4 Å². The fourth-order valence-electron chi connectivity index (χ4n) is 3.10. The number of imidazole rings is 1. The van der Waals surface area contributed by atoms with Crippen molar-refractivity contribution in [3.05, 3.63) is 17.7 Å². The number of piperidine rings is 1. The topological polar surface area (TPSA) is 58.2 Å². The molecule has 0 radical (unpaired) electrons. The Balaban J connectivity index is 1.77. The fourth-order valence-corrected chi connectivity index (χ4v) is 3.61. The normalized spacial score (nSPS) is 25.8. The first-order chi connectivity index (χ1) is 11.0. The monoisotopic (exact) mass is 345 g/mol. The predicted molar refractivity (Wildman–Crippen MR) is 96.1 cm³/mol. The van der Waals surface area contributed by atoms with Gasteiger partial charge in [0.25, 0.3) is 0 Å². The molecular weight excluding hydrogens is 318 g/mol. The Kier molecular flexibility index (Phi) is 4.03. The van der Waals surface area contributed by atoms with Crippen LogP contribution in [0.1, 0.15) is 51.2 Å². The molecule has 130 valence electrons. The number of aromatic nitrogens is 2. The summed E-state index contributed by atoms with van der Waals surface area (Å²) in [5.74, 6) is 4.61. The predicted octanol–water partition coefficient (Wildman–Crippen LogP) is 3.71. The summed E-state index contributed by atoms with van der Waals surface area (Å²) in [5, 5.41) is 0. The molecule has 1 aromatic rings. The van der Waals surface area contributed by atoms with Gasteiger partial charge in [-0.15, -0.1) is 5.54 Å². The van der Waals surface area contributed by atoms with Gasteiger partial charge < -0.3 is 9.72 Å². The molecule has 5 nitrogen and oxygen atoms in total. The Hall–Kier alpha value is -1.74. The van der Waals surface area contributed by atoms with Crippen molar-refractivity contribution >= 4 is 14.2 Å². The molecular formula is C18H27N3O2Si. The molecule has 0 spiro atoms. The summed E-state index contributed by atoms with van der Waals surface area (Å²) in [7, 11) is -1.42. The van der Waals surface area contributed by atoms with Gasteiger partial charge in [0.15, 0.2) is 0 Å². The molecule has 1 saturated carbocycles. The molecule has 1 aliphatic heterocycles. The summed E-state index contributed by atoms with van der Waals surface area (Å²) in [6.45, 7) is 12.3. The zero-order chi connectivity index (χ0) is 17.7. The van der Waals surface area contributed by atoms with Crippen molar-refractivity contribution in [1.82, 2.24) is 14.9 Å². The second-order valence-electron chi connectivity index (χ2n) is 8.88. The lowest BCUT2D eigenvalue weighted by molar-refractivity contribution is 0.0175. The number of fused-ring (bicyclic) bond motifs is 1. The zero-order valence-electron chi connectivity index (χ0n) is 15.4. The van der Waals surface area contributed by atoms with Crippen LogP contribution in [0.25, 0.3) is 0 Å². The van der Waals surface area contributed by atoms with Crippen LogP contribution < -0.4 is 0 Å². The number of carbonyl (C=O) groups excluding carboxylic acids is 1. The largest absolute Gasteiger partial charge is 0.444 e. The molecule has 3 atom stereocenters. The summed E-state index contributed by atoms with van der Waals surface area (Å²) >= 11 is 0. The number of nitrogens with one attached hydrogen (secondary N) is 1. The van der Waals surface area contributed by atoms with E-state index in [1.165, 1.54) is 0 Å². The highest BCUT2D eigenvalue weighted by molar-refractivity contribution is 6.83. The van der Waals surface area contributed by atoms with E-state index in [-0.39, 0.29) is 12.1 Å². The first kappa shape index (κ1) is 17.1. The average molecular weight is 346 g/mol. The fraction of sp³-hybridized carbons (Fsp3) is 0.667. The smallest absolute Gasteiger partial charge is 0.411 e. The van der Waals surface area contributed by atoms with Crippen molar-refractivity contribution < 1.29 is 9.53 Å². The third-order valence-electron chi connectivity index (χ3n) is 4.19. The van der Waals surface area contributed by atoms with Crippen molar-refractivity contribution in [2.75, 3.05) is 0 Å². The SMILES string of the molecule is CC(C)(C)OC(=O)N1C(c2ncc(C#C[Si](C)(C)C)[nH]2)CC2CC21. The third kappa shape index (κ3) is 3.84. The molecule has 6 heteroatoms. The Labute approximate surface area is 145 Å². The van der Waals surface area contributed by atoms with Crippen molar-refractivity contribution in [3.8, 4) is 11.5 Å². The average Bonchev–Trinajstić information content (AvgIpc) is 2.88. The highest BCUT2D eigenvalue weighted by Crippen LogP contribution is 2.53. The lowest BCUT2D eigenvalue weighted by atomic mass is 10.1. The number of hydrogen-bond donors (Lipinski definition) is 1. The molecule has 2 heterocycles. The quantitative estimate of drug-likeness (QED) is 0.623. The van der Waals surface area contributed by atoms with Gasteiger partial charge >= 0.3 is 6.09 Å². The van der Waals surface area contributed by atoms with Crippen LogP contribution in [-0.2, 0) is 4.74 Å². The van der Waals surface area contributed by atoms with E-state index < -0.39 is 13.7 Å². The van der Waals surface area contributed by atoms with E-state index in [0.717, 1.165) is 24.4 Å². The maximum Gasteiger partial charge on any atom is 0.411 e. The molecule has 2 aliphatic rings. The van der Waals surface area contributed by atoms with E-state index in [0.29, 0.717) is 12.0 Å². The van der Waals surface area contributed by atoms with Gasteiger partial charge in [-0.25, -0.2) is 9.78 Å². The zero-order valence-corrected chi connectivity index (χ0v) is 16.4. The van der Waals surface area contributed by atoms with E-state index in [9.17, 15) is 4.79 Å². The van der Waals surface area contributed by atoms with Gasteiger partial charge in [0.1, 0.15) is 25.2 Å². The number of hydrogen-bond acceptors (Lipinski definition) is 3. The number of rotatable bonds is 1. The van der Waals surface area contributed by atoms with Crippen molar-refractivity contribution in [2.24, 2.45) is 5.92 Å². The molecule has 0 aromatic carbocycles. The summed E-state index contributed by atoms with van der Waals surface area (Å²) < 4.78 is 5.59. The van der Waals surface area contributed by atoms with Crippen LogP contribution in [0.15, 0.2) is 6.20 Å². The van der Waals surface area contributed by atoms with Gasteiger partial charge in [0.2, 0.25) is 0 Å². The van der Waals surface area contributed by atoms with E-state index in [2.05, 4.69) is 41.1 Å². The highest BCUT2D eigenvalue weighted by atomic mass is 28.3. The van der Waals surface area contributed by atoms with Gasteiger partial charge in [-0.2, -0.15) is 0 Å².